The van der Waals surface area contributed by atoms with Crippen LogP contribution in [0, 0.1) is 15.5 Å². The number of nitro groups is 1. The Hall–Kier alpha value is -2.11. The Morgan fingerprint density at radius 2 is 2.05 bits per heavy atom. The number of ether oxygens (including phenoxy) is 2. The number of benzene rings is 1. The van der Waals surface area contributed by atoms with Crippen molar-refractivity contribution in [1.82, 2.24) is 0 Å². The summed E-state index contributed by atoms with van der Waals surface area (Å²) in [5, 5.41) is 11.2. The molecule has 6 nitrogen and oxygen atoms in total. The normalized spacial score (nSPS) is 22.9. The smallest absolute Gasteiger partial charge is 0.314 e. The summed E-state index contributed by atoms with van der Waals surface area (Å²) in [5.41, 5.74) is -0.518. The molecule has 0 saturated heterocycles. The quantitative estimate of drug-likeness (QED) is 0.629. The highest BCUT2D eigenvalue weighted by atomic mass is 16.6. The summed E-state index contributed by atoms with van der Waals surface area (Å²) >= 11 is 0. The van der Waals surface area contributed by atoms with Crippen LogP contribution in [0.3, 0.4) is 0 Å². The molecule has 0 aliphatic heterocycles. The van der Waals surface area contributed by atoms with Crippen LogP contribution in [0.1, 0.15) is 32.1 Å². The van der Waals surface area contributed by atoms with Crippen LogP contribution in [0.15, 0.2) is 18.2 Å². The predicted molar refractivity (Wildman–Crippen MR) is 74.6 cm³/mol. The van der Waals surface area contributed by atoms with Gasteiger partial charge in [0.25, 0.3) is 0 Å². The molecule has 1 spiro atoms. The average molecular weight is 291 g/mol. The zero-order valence-electron chi connectivity index (χ0n) is 11.8. The molecule has 112 valence electrons. The third-order valence-corrected chi connectivity index (χ3v) is 4.67. The number of carbonyl (C=O) groups excluding carboxylic acids is 1. The molecule has 0 amide bonds. The van der Waals surface area contributed by atoms with Gasteiger partial charge in [-0.15, -0.1) is 0 Å². The first kappa shape index (κ1) is 13.9. The van der Waals surface area contributed by atoms with Gasteiger partial charge in [0.05, 0.1) is 23.5 Å². The molecule has 6 heteroatoms. The number of carbonyl (C=O) groups is 1. The molecule has 2 aliphatic rings. The summed E-state index contributed by atoms with van der Waals surface area (Å²) in [6.45, 7) is 0. The second-order valence-corrected chi connectivity index (χ2v) is 5.69. The van der Waals surface area contributed by atoms with Crippen LogP contribution < -0.4 is 9.47 Å². The molecule has 21 heavy (non-hydrogen) atoms. The fraction of sp³-hybridized carbons (Fsp3) is 0.533. The van der Waals surface area contributed by atoms with Gasteiger partial charge in [-0.1, -0.05) is 12.8 Å². The number of Topliss-reactive ketones (excluding diaryl/α,β-unsaturated/α-hetero) is 1. The second kappa shape index (κ2) is 5.02. The lowest BCUT2D eigenvalue weighted by molar-refractivity contribution is -0.386. The molecule has 0 heterocycles. The summed E-state index contributed by atoms with van der Waals surface area (Å²) in [6.07, 6.45) is 3.83. The Kier molecular flexibility index (Phi) is 3.31. The summed E-state index contributed by atoms with van der Waals surface area (Å²) in [5.74, 6) is 0.861. The van der Waals surface area contributed by atoms with E-state index in [2.05, 4.69) is 0 Å². The van der Waals surface area contributed by atoms with Crippen LogP contribution in [-0.2, 0) is 4.79 Å². The highest BCUT2D eigenvalue weighted by molar-refractivity contribution is 5.92. The Balaban J connectivity index is 1.85. The van der Waals surface area contributed by atoms with Crippen LogP contribution in [0.5, 0.6) is 11.5 Å². The summed E-state index contributed by atoms with van der Waals surface area (Å²) in [4.78, 5) is 22.6. The Labute approximate surface area is 122 Å². The fourth-order valence-corrected chi connectivity index (χ4v) is 3.40. The van der Waals surface area contributed by atoms with Crippen LogP contribution in [0.2, 0.25) is 0 Å². The van der Waals surface area contributed by atoms with E-state index in [0.29, 0.717) is 12.2 Å². The molecule has 1 aromatic rings. The van der Waals surface area contributed by atoms with E-state index in [1.165, 1.54) is 13.2 Å². The molecule has 0 N–H and O–H groups in total. The van der Waals surface area contributed by atoms with Gasteiger partial charge >= 0.3 is 5.69 Å². The Morgan fingerprint density at radius 3 is 2.62 bits per heavy atom. The van der Waals surface area contributed by atoms with Crippen molar-refractivity contribution in [3.8, 4) is 11.5 Å². The maximum atomic E-state index is 11.9. The maximum absolute atomic E-state index is 11.9. The number of hydrogen-bond donors (Lipinski definition) is 0. The van der Waals surface area contributed by atoms with Crippen LogP contribution in [0.4, 0.5) is 5.69 Å². The minimum Gasteiger partial charge on any atom is -0.496 e. The SMILES string of the molecule is COc1ccc(OC2CC(=O)C23CCCC3)c([N+](=O)[O-])c1. The lowest BCUT2D eigenvalue weighted by Gasteiger charge is -2.44. The second-order valence-electron chi connectivity index (χ2n) is 5.69. The number of ketones is 1. The first-order chi connectivity index (χ1) is 10.1. The minimum absolute atomic E-state index is 0.123. The van der Waals surface area contributed by atoms with Gasteiger partial charge in [0.1, 0.15) is 17.6 Å². The van der Waals surface area contributed by atoms with Gasteiger partial charge in [-0.2, -0.15) is 0 Å². The van der Waals surface area contributed by atoms with Crippen molar-refractivity contribution >= 4 is 11.5 Å². The topological polar surface area (TPSA) is 78.7 Å². The number of nitrogens with zero attached hydrogens (tertiary/aromatic N) is 1. The number of rotatable bonds is 4. The molecule has 0 bridgehead atoms. The lowest BCUT2D eigenvalue weighted by atomic mass is 9.63. The van der Waals surface area contributed by atoms with Crippen molar-refractivity contribution in [3.63, 3.8) is 0 Å². The molecular weight excluding hydrogens is 274 g/mol. The molecule has 2 aliphatic carbocycles. The Morgan fingerprint density at radius 1 is 1.33 bits per heavy atom. The predicted octanol–water partition coefficient (Wildman–Crippen LogP) is 2.88. The van der Waals surface area contributed by atoms with Crippen LogP contribution in [-0.4, -0.2) is 23.9 Å². The van der Waals surface area contributed by atoms with E-state index in [-0.39, 0.29) is 23.3 Å². The summed E-state index contributed by atoms with van der Waals surface area (Å²) in [6, 6.07) is 4.52. The first-order valence-corrected chi connectivity index (χ1v) is 7.09. The minimum atomic E-state index is -0.486. The lowest BCUT2D eigenvalue weighted by Crippen LogP contribution is -2.55. The maximum Gasteiger partial charge on any atom is 0.314 e. The highest BCUT2D eigenvalue weighted by Gasteiger charge is 2.57. The highest BCUT2D eigenvalue weighted by Crippen LogP contribution is 2.52. The fourth-order valence-electron chi connectivity index (χ4n) is 3.40. The molecule has 1 unspecified atom stereocenters. The van der Waals surface area contributed by atoms with Crippen molar-refractivity contribution in [2.75, 3.05) is 7.11 Å². The summed E-state index contributed by atoms with van der Waals surface area (Å²) < 4.78 is 10.8. The van der Waals surface area contributed by atoms with Crippen LogP contribution >= 0.6 is 0 Å². The largest absolute Gasteiger partial charge is 0.496 e. The molecular formula is C15H17NO5. The number of nitro benzene ring substituents is 1. The third kappa shape index (κ3) is 2.14. The third-order valence-electron chi connectivity index (χ3n) is 4.67. The van der Waals surface area contributed by atoms with E-state index < -0.39 is 10.3 Å². The standard InChI is InChI=1S/C15H17NO5/c1-20-10-4-5-12(11(8-10)16(18)19)21-14-9-13(17)15(14)6-2-3-7-15/h4-5,8,14H,2-3,6-7,9H2,1H3. The van der Waals surface area contributed by atoms with Gasteiger partial charge in [0, 0.05) is 6.42 Å². The number of hydrogen-bond acceptors (Lipinski definition) is 5. The molecule has 2 saturated carbocycles. The van der Waals surface area contributed by atoms with Crippen molar-refractivity contribution in [2.24, 2.45) is 5.41 Å². The van der Waals surface area contributed by atoms with E-state index in [1.807, 2.05) is 0 Å². The number of methoxy groups -OCH3 is 1. The van der Waals surface area contributed by atoms with Gasteiger partial charge in [0.2, 0.25) is 0 Å². The van der Waals surface area contributed by atoms with E-state index in [1.54, 1.807) is 12.1 Å². The van der Waals surface area contributed by atoms with Gasteiger partial charge in [-0.25, -0.2) is 0 Å². The van der Waals surface area contributed by atoms with E-state index in [4.69, 9.17) is 9.47 Å². The van der Waals surface area contributed by atoms with Crippen molar-refractivity contribution in [3.05, 3.63) is 28.3 Å². The van der Waals surface area contributed by atoms with Gasteiger partial charge in [-0.05, 0) is 25.0 Å². The first-order valence-electron chi connectivity index (χ1n) is 7.09. The molecule has 2 fully saturated rings. The zero-order chi connectivity index (χ0) is 15.0. The van der Waals surface area contributed by atoms with E-state index in [9.17, 15) is 14.9 Å². The van der Waals surface area contributed by atoms with Crippen molar-refractivity contribution in [1.29, 1.82) is 0 Å². The molecule has 0 aromatic heterocycles. The monoisotopic (exact) mass is 291 g/mol. The molecule has 0 radical (unpaired) electrons. The summed E-state index contributed by atoms with van der Waals surface area (Å²) in [7, 11) is 1.46. The van der Waals surface area contributed by atoms with Crippen LogP contribution in [0.25, 0.3) is 0 Å². The molecule has 3 rings (SSSR count). The molecule has 1 aromatic carbocycles. The average Bonchev–Trinajstić information content (AvgIpc) is 2.99. The van der Waals surface area contributed by atoms with E-state index >= 15 is 0 Å². The van der Waals surface area contributed by atoms with Crippen molar-refractivity contribution in [2.45, 2.75) is 38.2 Å². The Bertz CT molecular complexity index is 592. The zero-order valence-corrected chi connectivity index (χ0v) is 11.8. The van der Waals surface area contributed by atoms with Gasteiger partial charge < -0.3 is 9.47 Å². The molecule has 1 atom stereocenters. The van der Waals surface area contributed by atoms with E-state index in [0.717, 1.165) is 25.7 Å². The van der Waals surface area contributed by atoms with Gasteiger partial charge in [0.15, 0.2) is 5.75 Å². The van der Waals surface area contributed by atoms with Crippen molar-refractivity contribution < 1.29 is 19.2 Å². The van der Waals surface area contributed by atoms with Gasteiger partial charge in [-0.3, -0.25) is 14.9 Å².